The van der Waals surface area contributed by atoms with Gasteiger partial charge in [-0.25, -0.2) is 0 Å². The van der Waals surface area contributed by atoms with Crippen molar-refractivity contribution in [3.05, 3.63) is 52.7 Å². The van der Waals surface area contributed by atoms with E-state index >= 15 is 0 Å². The van der Waals surface area contributed by atoms with Crippen LogP contribution in [0.2, 0.25) is 0 Å². The molecule has 1 aliphatic carbocycles. The van der Waals surface area contributed by atoms with E-state index in [0.717, 1.165) is 5.56 Å². The Kier molecular flexibility index (Phi) is 4.26. The number of nitrogens with one attached hydrogen (secondary N) is 1. The molecule has 0 atom stereocenters. The van der Waals surface area contributed by atoms with Gasteiger partial charge in [-0.15, -0.1) is 0 Å². The first-order valence-electron chi connectivity index (χ1n) is 8.20. The van der Waals surface area contributed by atoms with Gasteiger partial charge in [-0.05, 0) is 30.4 Å². The minimum absolute atomic E-state index is 0.0666. The quantitative estimate of drug-likeness (QED) is 0.937. The lowest BCUT2D eigenvalue weighted by Crippen LogP contribution is -2.26. The summed E-state index contributed by atoms with van der Waals surface area (Å²) in [5.41, 5.74) is 2.20. The van der Waals surface area contributed by atoms with Crippen LogP contribution < -0.4 is 5.32 Å². The molecule has 2 aromatic rings. The highest BCUT2D eigenvalue weighted by Gasteiger charge is 2.36. The number of fused-ring (bicyclic) bond motifs is 1. The van der Waals surface area contributed by atoms with Crippen LogP contribution in [0.1, 0.15) is 58.1 Å². The molecule has 1 N–H and O–H groups in total. The number of aromatic nitrogens is 1. The Morgan fingerprint density at radius 2 is 2.17 bits per heavy atom. The number of amides is 1. The number of nitrogens with zero attached hydrogens (tertiary/aromatic N) is 1. The molecule has 0 saturated heterocycles. The van der Waals surface area contributed by atoms with Crippen molar-refractivity contribution >= 4 is 11.7 Å². The van der Waals surface area contributed by atoms with Gasteiger partial charge >= 0.3 is 0 Å². The van der Waals surface area contributed by atoms with Crippen LogP contribution in [0.4, 0.5) is 0 Å². The Hall–Kier alpha value is -2.43. The van der Waals surface area contributed by atoms with Crippen LogP contribution in [0.5, 0.6) is 0 Å². The molecule has 3 rings (SSSR count). The fourth-order valence-electron chi connectivity index (χ4n) is 3.25. The molecule has 0 radical (unpaired) electrons. The molecule has 0 aromatic carbocycles. The number of carbonyl (C=O) groups excluding carboxylic acids is 2. The number of furan rings is 1. The summed E-state index contributed by atoms with van der Waals surface area (Å²) < 4.78 is 5.76. The molecule has 5 nitrogen and oxygen atoms in total. The van der Waals surface area contributed by atoms with E-state index in [1.807, 2.05) is 26.0 Å². The number of ketones is 1. The van der Waals surface area contributed by atoms with E-state index in [2.05, 4.69) is 10.3 Å². The molecule has 5 heteroatoms. The molecule has 126 valence electrons. The average molecular weight is 326 g/mol. The van der Waals surface area contributed by atoms with E-state index in [9.17, 15) is 9.59 Å². The molecule has 0 bridgehead atoms. The standard InChI is InChI=1S/C19H22N2O3/c1-12-16-14(22)9-19(2,3)10-15(16)24-17(12)18(23)21-8-6-13-5-4-7-20-11-13/h4-5,7,11H,6,8-10H2,1-3H3,(H,21,23). The summed E-state index contributed by atoms with van der Waals surface area (Å²) in [5, 5.41) is 2.86. The van der Waals surface area contributed by atoms with E-state index in [-0.39, 0.29) is 22.9 Å². The summed E-state index contributed by atoms with van der Waals surface area (Å²) in [6, 6.07) is 3.84. The van der Waals surface area contributed by atoms with Crippen molar-refractivity contribution in [3.8, 4) is 0 Å². The Morgan fingerprint density at radius 1 is 1.38 bits per heavy atom. The van der Waals surface area contributed by atoms with Gasteiger partial charge in [0.15, 0.2) is 11.5 Å². The van der Waals surface area contributed by atoms with Crippen LogP contribution in [0.15, 0.2) is 28.9 Å². The molecule has 2 heterocycles. The zero-order valence-electron chi connectivity index (χ0n) is 14.3. The first-order chi connectivity index (χ1) is 11.4. The number of rotatable bonds is 4. The molecule has 1 aliphatic rings. The smallest absolute Gasteiger partial charge is 0.287 e. The number of hydrogen-bond acceptors (Lipinski definition) is 4. The molecule has 0 aliphatic heterocycles. The van der Waals surface area contributed by atoms with E-state index < -0.39 is 0 Å². The third-order valence-corrected chi connectivity index (χ3v) is 4.41. The van der Waals surface area contributed by atoms with Crippen molar-refractivity contribution in [1.29, 1.82) is 0 Å². The summed E-state index contributed by atoms with van der Waals surface area (Å²) in [6.45, 7) is 6.36. The maximum Gasteiger partial charge on any atom is 0.287 e. The van der Waals surface area contributed by atoms with Crippen molar-refractivity contribution < 1.29 is 14.0 Å². The number of pyridine rings is 1. The van der Waals surface area contributed by atoms with E-state index in [1.54, 1.807) is 19.3 Å². The van der Waals surface area contributed by atoms with Crippen LogP contribution in [-0.4, -0.2) is 23.2 Å². The van der Waals surface area contributed by atoms with Crippen LogP contribution >= 0.6 is 0 Å². The summed E-state index contributed by atoms with van der Waals surface area (Å²) >= 11 is 0. The number of hydrogen-bond donors (Lipinski definition) is 1. The van der Waals surface area contributed by atoms with Crippen LogP contribution in [0, 0.1) is 12.3 Å². The predicted octanol–water partition coefficient (Wildman–Crippen LogP) is 3.11. The van der Waals surface area contributed by atoms with Gasteiger partial charge < -0.3 is 9.73 Å². The summed E-state index contributed by atoms with van der Waals surface area (Å²) in [5.74, 6) is 0.705. The highest BCUT2D eigenvalue weighted by atomic mass is 16.4. The van der Waals surface area contributed by atoms with Gasteiger partial charge in [-0.3, -0.25) is 14.6 Å². The van der Waals surface area contributed by atoms with Crippen LogP contribution in [-0.2, 0) is 12.8 Å². The fraction of sp³-hybridized carbons (Fsp3) is 0.421. The Bertz CT molecular complexity index is 775. The topological polar surface area (TPSA) is 72.2 Å². The summed E-state index contributed by atoms with van der Waals surface area (Å²) in [6.07, 6.45) is 5.37. The molecule has 24 heavy (non-hydrogen) atoms. The predicted molar refractivity (Wildman–Crippen MR) is 90.2 cm³/mol. The highest BCUT2D eigenvalue weighted by molar-refractivity contribution is 6.03. The van der Waals surface area contributed by atoms with Gasteiger partial charge in [0, 0.05) is 37.3 Å². The van der Waals surface area contributed by atoms with Gasteiger partial charge in [0.1, 0.15) is 5.76 Å². The van der Waals surface area contributed by atoms with Crippen molar-refractivity contribution in [2.24, 2.45) is 5.41 Å². The number of Topliss-reactive ketones (excluding diaryl/α,β-unsaturated/α-hetero) is 1. The van der Waals surface area contributed by atoms with Crippen LogP contribution in [0.25, 0.3) is 0 Å². The second kappa shape index (κ2) is 6.23. The lowest BCUT2D eigenvalue weighted by Gasteiger charge is -2.27. The molecule has 0 spiro atoms. The summed E-state index contributed by atoms with van der Waals surface area (Å²) in [7, 11) is 0. The first kappa shape index (κ1) is 16.4. The molecular weight excluding hydrogens is 304 g/mol. The van der Waals surface area contributed by atoms with E-state index in [4.69, 9.17) is 4.42 Å². The highest BCUT2D eigenvalue weighted by Crippen LogP contribution is 2.38. The maximum atomic E-state index is 12.4. The van der Waals surface area contributed by atoms with E-state index in [0.29, 0.717) is 42.7 Å². The third kappa shape index (κ3) is 3.25. The van der Waals surface area contributed by atoms with E-state index in [1.165, 1.54) is 0 Å². The Labute approximate surface area is 141 Å². The van der Waals surface area contributed by atoms with Crippen molar-refractivity contribution in [3.63, 3.8) is 0 Å². The molecule has 0 unspecified atom stereocenters. The van der Waals surface area contributed by atoms with Gasteiger partial charge in [0.25, 0.3) is 5.91 Å². The maximum absolute atomic E-state index is 12.4. The van der Waals surface area contributed by atoms with Gasteiger partial charge in [-0.2, -0.15) is 0 Å². The molecule has 0 fully saturated rings. The summed E-state index contributed by atoms with van der Waals surface area (Å²) in [4.78, 5) is 28.8. The lowest BCUT2D eigenvalue weighted by atomic mass is 9.76. The lowest BCUT2D eigenvalue weighted by molar-refractivity contribution is 0.0889. The largest absolute Gasteiger partial charge is 0.455 e. The Morgan fingerprint density at radius 3 is 2.88 bits per heavy atom. The molecular formula is C19H22N2O3. The normalized spacial score (nSPS) is 15.9. The zero-order valence-corrected chi connectivity index (χ0v) is 14.3. The second-order valence-corrected chi connectivity index (χ2v) is 7.16. The zero-order chi connectivity index (χ0) is 17.3. The van der Waals surface area contributed by atoms with Crippen LogP contribution in [0.3, 0.4) is 0 Å². The van der Waals surface area contributed by atoms with Gasteiger partial charge in [0.05, 0.1) is 5.56 Å². The second-order valence-electron chi connectivity index (χ2n) is 7.16. The molecule has 1 amide bonds. The molecule has 0 saturated carbocycles. The van der Waals surface area contributed by atoms with Crippen molar-refractivity contribution in [2.45, 2.75) is 40.0 Å². The first-order valence-corrected chi connectivity index (χ1v) is 8.20. The SMILES string of the molecule is Cc1c(C(=O)NCCc2cccnc2)oc2c1C(=O)CC(C)(C)C2. The molecule has 2 aromatic heterocycles. The van der Waals surface area contributed by atoms with Gasteiger partial charge in [0.2, 0.25) is 0 Å². The monoisotopic (exact) mass is 326 g/mol. The minimum Gasteiger partial charge on any atom is -0.455 e. The number of carbonyl (C=O) groups is 2. The van der Waals surface area contributed by atoms with Gasteiger partial charge in [-0.1, -0.05) is 19.9 Å². The Balaban J connectivity index is 1.71. The fourth-order valence-corrected chi connectivity index (χ4v) is 3.25. The van der Waals surface area contributed by atoms with Crippen molar-refractivity contribution in [2.75, 3.05) is 6.54 Å². The third-order valence-electron chi connectivity index (χ3n) is 4.41. The minimum atomic E-state index is -0.267. The average Bonchev–Trinajstić information content (AvgIpc) is 2.83. The van der Waals surface area contributed by atoms with Crippen molar-refractivity contribution in [1.82, 2.24) is 10.3 Å².